The molecule has 0 aliphatic carbocycles. The van der Waals surface area contributed by atoms with E-state index in [4.69, 9.17) is 0 Å². The maximum absolute atomic E-state index is 4.32. The quantitative estimate of drug-likeness (QED) is 0.898. The second-order valence-corrected chi connectivity index (χ2v) is 5.36. The fraction of sp³-hybridized carbons (Fsp3) is 0.375. The van der Waals surface area contributed by atoms with Gasteiger partial charge in [0.1, 0.15) is 5.82 Å². The van der Waals surface area contributed by atoms with Gasteiger partial charge >= 0.3 is 0 Å². The lowest BCUT2D eigenvalue weighted by atomic mass is 10.1. The number of hydrogen-bond donors (Lipinski definition) is 2. The Morgan fingerprint density at radius 1 is 1.20 bits per heavy atom. The van der Waals surface area contributed by atoms with Crippen molar-refractivity contribution in [1.29, 1.82) is 0 Å². The lowest BCUT2D eigenvalue weighted by Crippen LogP contribution is -2.38. The van der Waals surface area contributed by atoms with Gasteiger partial charge in [0.15, 0.2) is 0 Å². The highest BCUT2D eigenvalue weighted by atomic mass is 15.2. The van der Waals surface area contributed by atoms with Gasteiger partial charge in [0, 0.05) is 18.2 Å². The summed E-state index contributed by atoms with van der Waals surface area (Å²) in [5.74, 6) is 0.857. The molecule has 1 aromatic carbocycles. The van der Waals surface area contributed by atoms with Gasteiger partial charge in [-0.1, -0.05) is 23.8 Å². The van der Waals surface area contributed by atoms with Crippen LogP contribution >= 0.6 is 0 Å². The van der Waals surface area contributed by atoms with Crippen LogP contribution in [0.25, 0.3) is 11.3 Å². The van der Waals surface area contributed by atoms with E-state index in [1.165, 1.54) is 18.4 Å². The van der Waals surface area contributed by atoms with Crippen LogP contribution < -0.4 is 10.6 Å². The van der Waals surface area contributed by atoms with Crippen LogP contribution in [0.15, 0.2) is 36.4 Å². The van der Waals surface area contributed by atoms with E-state index in [0.29, 0.717) is 6.04 Å². The molecule has 3 rings (SSSR count). The highest BCUT2D eigenvalue weighted by Gasteiger charge is 2.13. The Labute approximate surface area is 119 Å². The van der Waals surface area contributed by atoms with Crippen molar-refractivity contribution in [3.8, 4) is 11.3 Å². The van der Waals surface area contributed by atoms with E-state index in [1.54, 1.807) is 0 Å². The normalized spacial score (nSPS) is 18.8. The molecule has 1 saturated heterocycles. The molecule has 1 aromatic heterocycles. The standard InChI is InChI=1S/C16H20N4/c1-12-4-2-5-13(10-12)15-7-8-16(20-19-15)18-14-6-3-9-17-11-14/h2,4-5,7-8,10,14,17H,3,6,9,11H2,1H3,(H,18,20). The highest BCUT2D eigenvalue weighted by molar-refractivity contribution is 5.60. The van der Waals surface area contributed by atoms with Gasteiger partial charge in [-0.25, -0.2) is 0 Å². The topological polar surface area (TPSA) is 49.8 Å². The minimum Gasteiger partial charge on any atom is -0.365 e. The molecule has 1 atom stereocenters. The van der Waals surface area contributed by atoms with Gasteiger partial charge in [-0.3, -0.25) is 0 Å². The summed E-state index contributed by atoms with van der Waals surface area (Å²) in [5, 5.41) is 15.4. The summed E-state index contributed by atoms with van der Waals surface area (Å²) in [6.45, 7) is 4.21. The number of nitrogens with one attached hydrogen (secondary N) is 2. The summed E-state index contributed by atoms with van der Waals surface area (Å²) in [6, 6.07) is 12.8. The first-order valence-electron chi connectivity index (χ1n) is 7.19. The van der Waals surface area contributed by atoms with Gasteiger partial charge in [0.05, 0.1) is 5.69 Å². The van der Waals surface area contributed by atoms with E-state index in [-0.39, 0.29) is 0 Å². The molecule has 0 radical (unpaired) electrons. The van der Waals surface area contributed by atoms with Crippen LogP contribution in [0.2, 0.25) is 0 Å². The number of aryl methyl sites for hydroxylation is 1. The van der Waals surface area contributed by atoms with E-state index in [2.05, 4.69) is 46.0 Å². The average molecular weight is 268 g/mol. The molecule has 2 heterocycles. The smallest absolute Gasteiger partial charge is 0.148 e. The van der Waals surface area contributed by atoms with Crippen LogP contribution in [0.5, 0.6) is 0 Å². The van der Waals surface area contributed by atoms with Gasteiger partial charge in [-0.2, -0.15) is 0 Å². The van der Waals surface area contributed by atoms with E-state index in [9.17, 15) is 0 Å². The molecule has 1 aliphatic rings. The third-order valence-electron chi connectivity index (χ3n) is 3.63. The number of rotatable bonds is 3. The second-order valence-electron chi connectivity index (χ2n) is 5.36. The fourth-order valence-electron chi connectivity index (χ4n) is 2.55. The van der Waals surface area contributed by atoms with Crippen LogP contribution in [0.4, 0.5) is 5.82 Å². The largest absolute Gasteiger partial charge is 0.365 e. The Morgan fingerprint density at radius 3 is 2.85 bits per heavy atom. The van der Waals surface area contributed by atoms with Crippen molar-refractivity contribution < 1.29 is 0 Å². The molecule has 2 N–H and O–H groups in total. The van der Waals surface area contributed by atoms with Gasteiger partial charge in [0.25, 0.3) is 0 Å². The maximum atomic E-state index is 4.32. The summed E-state index contributed by atoms with van der Waals surface area (Å²) in [7, 11) is 0. The number of piperidine rings is 1. The van der Waals surface area contributed by atoms with Crippen LogP contribution in [0, 0.1) is 6.92 Å². The number of nitrogens with zero attached hydrogens (tertiary/aromatic N) is 2. The predicted molar refractivity (Wildman–Crippen MR) is 81.7 cm³/mol. The monoisotopic (exact) mass is 268 g/mol. The maximum Gasteiger partial charge on any atom is 0.148 e. The molecule has 4 nitrogen and oxygen atoms in total. The molecule has 0 spiro atoms. The van der Waals surface area contributed by atoms with Crippen molar-refractivity contribution in [1.82, 2.24) is 15.5 Å². The molecule has 0 saturated carbocycles. The van der Waals surface area contributed by atoms with Crippen molar-refractivity contribution in [3.05, 3.63) is 42.0 Å². The van der Waals surface area contributed by atoms with Crippen LogP contribution in [0.1, 0.15) is 18.4 Å². The third-order valence-corrected chi connectivity index (χ3v) is 3.63. The number of hydrogen-bond acceptors (Lipinski definition) is 4. The first-order valence-corrected chi connectivity index (χ1v) is 7.19. The zero-order valence-electron chi connectivity index (χ0n) is 11.8. The summed E-state index contributed by atoms with van der Waals surface area (Å²) in [5.41, 5.74) is 3.27. The van der Waals surface area contributed by atoms with Crippen LogP contribution in [0.3, 0.4) is 0 Å². The van der Waals surface area contributed by atoms with Gasteiger partial charge < -0.3 is 10.6 Å². The molecule has 104 valence electrons. The zero-order chi connectivity index (χ0) is 13.8. The molecular formula is C16H20N4. The molecule has 1 aliphatic heterocycles. The van der Waals surface area contributed by atoms with Crippen LogP contribution in [-0.2, 0) is 0 Å². The Hall–Kier alpha value is -1.94. The zero-order valence-corrected chi connectivity index (χ0v) is 11.8. The fourth-order valence-corrected chi connectivity index (χ4v) is 2.55. The molecule has 0 amide bonds. The van der Waals surface area contributed by atoms with Gasteiger partial charge in [-0.15, -0.1) is 10.2 Å². The summed E-state index contributed by atoms with van der Waals surface area (Å²) in [6.07, 6.45) is 2.40. The lowest BCUT2D eigenvalue weighted by molar-refractivity contribution is 0.478. The number of anilines is 1. The van der Waals surface area contributed by atoms with E-state index in [1.807, 2.05) is 18.2 Å². The van der Waals surface area contributed by atoms with E-state index >= 15 is 0 Å². The minimum atomic E-state index is 0.461. The first-order chi connectivity index (χ1) is 9.81. The first kappa shape index (κ1) is 13.1. The van der Waals surface area contributed by atoms with Crippen molar-refractivity contribution in [3.63, 3.8) is 0 Å². The summed E-state index contributed by atoms with van der Waals surface area (Å²) < 4.78 is 0. The molecule has 0 bridgehead atoms. The summed E-state index contributed by atoms with van der Waals surface area (Å²) >= 11 is 0. The van der Waals surface area contributed by atoms with E-state index in [0.717, 1.165) is 30.2 Å². The van der Waals surface area contributed by atoms with Crippen molar-refractivity contribution in [2.75, 3.05) is 18.4 Å². The predicted octanol–water partition coefficient (Wildman–Crippen LogP) is 2.62. The molecule has 2 aromatic rings. The molecule has 1 unspecified atom stereocenters. The number of benzene rings is 1. The Bertz CT molecular complexity index is 559. The van der Waals surface area contributed by atoms with E-state index < -0.39 is 0 Å². The van der Waals surface area contributed by atoms with Crippen molar-refractivity contribution in [2.24, 2.45) is 0 Å². The number of aromatic nitrogens is 2. The Kier molecular flexibility index (Phi) is 3.92. The molecule has 1 fully saturated rings. The minimum absolute atomic E-state index is 0.461. The Morgan fingerprint density at radius 2 is 2.15 bits per heavy atom. The van der Waals surface area contributed by atoms with Gasteiger partial charge in [0.2, 0.25) is 0 Å². The summed E-state index contributed by atoms with van der Waals surface area (Å²) in [4.78, 5) is 0. The average Bonchev–Trinajstić information content (AvgIpc) is 2.49. The highest BCUT2D eigenvalue weighted by Crippen LogP contribution is 2.18. The van der Waals surface area contributed by atoms with Crippen molar-refractivity contribution in [2.45, 2.75) is 25.8 Å². The van der Waals surface area contributed by atoms with Crippen LogP contribution in [-0.4, -0.2) is 29.3 Å². The molecule has 4 heteroatoms. The van der Waals surface area contributed by atoms with Crippen molar-refractivity contribution >= 4 is 5.82 Å². The SMILES string of the molecule is Cc1cccc(-c2ccc(NC3CCCNC3)nn2)c1. The molecule has 20 heavy (non-hydrogen) atoms. The molecular weight excluding hydrogens is 248 g/mol. The Balaban J connectivity index is 1.71. The second kappa shape index (κ2) is 6.01. The van der Waals surface area contributed by atoms with Gasteiger partial charge in [-0.05, 0) is 44.5 Å². The lowest BCUT2D eigenvalue weighted by Gasteiger charge is -2.23. The third kappa shape index (κ3) is 3.14.